The third-order valence-corrected chi connectivity index (χ3v) is 12.5. The molecule has 8 heterocycles. The molecule has 0 radical (unpaired) electrons. The Hall–Kier alpha value is -6.02. The van der Waals surface area contributed by atoms with Gasteiger partial charge in [-0.1, -0.05) is 24.3 Å². The van der Waals surface area contributed by atoms with Crippen LogP contribution in [-0.2, 0) is 9.59 Å². The Morgan fingerprint density at radius 3 is 2.42 bits per heavy atom. The van der Waals surface area contributed by atoms with Gasteiger partial charge in [0, 0.05) is 51.6 Å². The highest BCUT2D eigenvalue weighted by Crippen LogP contribution is 2.37. The summed E-state index contributed by atoms with van der Waals surface area (Å²) in [6.07, 6.45) is 6.14. The largest absolute Gasteiger partial charge is 0.357 e. The molecule has 2 unspecified atom stereocenters. The molecule has 5 aromatic rings. The van der Waals surface area contributed by atoms with Gasteiger partial charge < -0.3 is 14.7 Å². The molecule has 13 nitrogen and oxygen atoms in total. The third kappa shape index (κ3) is 6.41. The first-order chi connectivity index (χ1) is 27.8. The number of fused-ring (bicyclic) bond motifs is 2. The second-order valence-corrected chi connectivity index (χ2v) is 16.0. The van der Waals surface area contributed by atoms with Crippen molar-refractivity contribution in [2.24, 2.45) is 5.92 Å². The Balaban J connectivity index is 0.755. The first-order valence-electron chi connectivity index (χ1n) is 19.9. The molecule has 5 aliphatic rings. The standard InChI is InChI=1S/C43H42FN9O4/c44-30-5-1-4-28(20-30)34-7-3-17-51(34)39-13-12-37-45-22-36(53(37)48-39)33-6-2-8-38(46-33)50-18-15-26(16-19-50)23-49-24-29(25-49)27-9-10-31-32(21-27)43(57)52(42(31)56)35-11-14-40(54)47-41(35)55/h1-2,4-6,8-10,12-13,20-22,26,29,34-35H,3,7,11,14-19,23-25H2,(H,47,54,55). The maximum atomic E-state index is 14.1. The van der Waals surface area contributed by atoms with Crippen LogP contribution < -0.4 is 15.1 Å². The number of likely N-dealkylation sites (tertiary alicyclic amines) is 1. The highest BCUT2D eigenvalue weighted by Gasteiger charge is 2.45. The van der Waals surface area contributed by atoms with E-state index in [1.165, 1.54) is 6.07 Å². The van der Waals surface area contributed by atoms with Crippen molar-refractivity contribution in [2.45, 2.75) is 56.5 Å². The highest BCUT2D eigenvalue weighted by atomic mass is 19.1. The Morgan fingerprint density at radius 1 is 0.772 bits per heavy atom. The van der Waals surface area contributed by atoms with Crippen LogP contribution in [0.25, 0.3) is 17.0 Å². The van der Waals surface area contributed by atoms with Gasteiger partial charge in [-0.15, -0.1) is 5.10 Å². The molecule has 57 heavy (non-hydrogen) atoms. The molecule has 1 N–H and O–H groups in total. The number of imidazole rings is 1. The number of anilines is 2. The minimum atomic E-state index is -0.962. The zero-order chi connectivity index (χ0) is 38.8. The van der Waals surface area contributed by atoms with E-state index in [4.69, 9.17) is 10.1 Å². The van der Waals surface area contributed by atoms with Gasteiger partial charge >= 0.3 is 0 Å². The molecule has 4 amide bonds. The van der Waals surface area contributed by atoms with Crippen LogP contribution in [0.2, 0.25) is 0 Å². The lowest BCUT2D eigenvalue weighted by molar-refractivity contribution is -0.136. The molecule has 3 aromatic heterocycles. The summed E-state index contributed by atoms with van der Waals surface area (Å²) >= 11 is 0. The molecule has 2 atom stereocenters. The molecule has 10 rings (SSSR count). The number of nitrogens with zero attached hydrogens (tertiary/aromatic N) is 8. The number of amides is 4. The number of nitrogens with one attached hydrogen (secondary N) is 1. The van der Waals surface area contributed by atoms with Crippen LogP contribution in [0.3, 0.4) is 0 Å². The van der Waals surface area contributed by atoms with E-state index in [-0.39, 0.29) is 36.5 Å². The quantitative estimate of drug-likeness (QED) is 0.215. The van der Waals surface area contributed by atoms with Crippen LogP contribution in [0.4, 0.5) is 16.0 Å². The van der Waals surface area contributed by atoms with Gasteiger partial charge in [0.25, 0.3) is 11.8 Å². The van der Waals surface area contributed by atoms with Gasteiger partial charge in [0.15, 0.2) is 5.65 Å². The Kier molecular flexibility index (Phi) is 8.80. The third-order valence-electron chi connectivity index (χ3n) is 12.5. The lowest BCUT2D eigenvalue weighted by atomic mass is 9.87. The Bertz CT molecular complexity index is 2440. The van der Waals surface area contributed by atoms with Gasteiger partial charge in [0.05, 0.1) is 29.1 Å². The Morgan fingerprint density at radius 2 is 1.60 bits per heavy atom. The van der Waals surface area contributed by atoms with Crippen molar-refractivity contribution >= 4 is 40.9 Å². The van der Waals surface area contributed by atoms with Crippen LogP contribution >= 0.6 is 0 Å². The number of hydrogen-bond donors (Lipinski definition) is 1. The zero-order valence-corrected chi connectivity index (χ0v) is 31.4. The lowest BCUT2D eigenvalue weighted by Gasteiger charge is -2.43. The van der Waals surface area contributed by atoms with Crippen molar-refractivity contribution in [1.82, 2.24) is 34.7 Å². The predicted molar refractivity (Wildman–Crippen MR) is 209 cm³/mol. The van der Waals surface area contributed by atoms with Crippen molar-refractivity contribution in [1.29, 1.82) is 0 Å². The summed E-state index contributed by atoms with van der Waals surface area (Å²) in [4.78, 5) is 68.3. The average Bonchev–Trinajstić information content (AvgIpc) is 3.93. The maximum absolute atomic E-state index is 14.1. The molecule has 2 aromatic carbocycles. The topological polar surface area (TPSA) is 136 Å². The number of benzene rings is 2. The van der Waals surface area contributed by atoms with Crippen molar-refractivity contribution < 1.29 is 23.6 Å². The summed E-state index contributed by atoms with van der Waals surface area (Å²) in [6.45, 7) is 5.46. The fourth-order valence-corrected chi connectivity index (χ4v) is 9.42. The normalized spacial score (nSPS) is 22.1. The van der Waals surface area contributed by atoms with Crippen LogP contribution in [0.1, 0.15) is 82.3 Å². The first-order valence-corrected chi connectivity index (χ1v) is 19.9. The van der Waals surface area contributed by atoms with Crippen LogP contribution in [0.15, 0.2) is 79.0 Å². The van der Waals surface area contributed by atoms with E-state index in [9.17, 15) is 23.6 Å². The minimum Gasteiger partial charge on any atom is -0.357 e. The van der Waals surface area contributed by atoms with E-state index >= 15 is 0 Å². The first kappa shape index (κ1) is 35.4. The molecule has 0 aliphatic carbocycles. The van der Waals surface area contributed by atoms with Crippen molar-refractivity contribution in [3.8, 4) is 11.4 Å². The molecule has 5 aliphatic heterocycles. The number of piperidine rings is 2. The highest BCUT2D eigenvalue weighted by molar-refractivity contribution is 6.23. The van der Waals surface area contributed by atoms with Gasteiger partial charge in [-0.3, -0.25) is 29.4 Å². The number of hydrogen-bond acceptors (Lipinski definition) is 10. The SMILES string of the molecule is O=C1CCC(N2C(=O)c3ccc(C4CN(CC5CCN(c6cccc(-c7cnc8ccc(N9CCCC9c9cccc(F)c9)nn78)n6)CC5)C4)cc3C2=O)C(=O)N1. The second-order valence-electron chi connectivity index (χ2n) is 16.0. The van der Waals surface area contributed by atoms with E-state index in [2.05, 4.69) is 31.1 Å². The lowest BCUT2D eigenvalue weighted by Crippen LogP contribution is -2.54. The number of aromatic nitrogens is 4. The van der Waals surface area contributed by atoms with Crippen LogP contribution in [0.5, 0.6) is 0 Å². The minimum absolute atomic E-state index is 0.0656. The summed E-state index contributed by atoms with van der Waals surface area (Å²) in [5.41, 5.74) is 5.02. The van der Waals surface area contributed by atoms with Gasteiger partial charge in [-0.25, -0.2) is 18.9 Å². The molecular formula is C43H42FN9O4. The molecule has 4 saturated heterocycles. The fourth-order valence-electron chi connectivity index (χ4n) is 9.42. The molecule has 0 saturated carbocycles. The zero-order valence-electron chi connectivity index (χ0n) is 31.4. The maximum Gasteiger partial charge on any atom is 0.262 e. The summed E-state index contributed by atoms with van der Waals surface area (Å²) in [6, 6.07) is 21.5. The summed E-state index contributed by atoms with van der Waals surface area (Å²) in [5, 5.41) is 7.28. The Labute approximate surface area is 328 Å². The molecular weight excluding hydrogens is 726 g/mol. The van der Waals surface area contributed by atoms with Crippen LogP contribution in [0, 0.1) is 11.7 Å². The smallest absolute Gasteiger partial charge is 0.262 e. The molecule has 14 heteroatoms. The summed E-state index contributed by atoms with van der Waals surface area (Å²) < 4.78 is 16.0. The van der Waals surface area contributed by atoms with E-state index < -0.39 is 23.8 Å². The van der Waals surface area contributed by atoms with E-state index in [1.807, 2.05) is 53.2 Å². The monoisotopic (exact) mass is 767 g/mol. The van der Waals surface area contributed by atoms with Crippen molar-refractivity contribution in [3.05, 3.63) is 107 Å². The average molecular weight is 768 g/mol. The summed E-state index contributed by atoms with van der Waals surface area (Å²) in [5.74, 6) is 0.451. The fraction of sp³-hybridized carbons (Fsp3) is 0.372. The van der Waals surface area contributed by atoms with Crippen molar-refractivity contribution in [3.63, 3.8) is 0 Å². The second kappa shape index (κ2) is 14.2. The van der Waals surface area contributed by atoms with Gasteiger partial charge in [-0.05, 0) is 97.7 Å². The van der Waals surface area contributed by atoms with Gasteiger partial charge in [0.1, 0.15) is 29.2 Å². The van der Waals surface area contributed by atoms with Gasteiger partial charge in [-0.2, -0.15) is 0 Å². The number of imide groups is 2. The number of halogens is 1. The number of carbonyl (C=O) groups is 4. The number of carbonyl (C=O) groups excluding carboxylic acids is 4. The van der Waals surface area contributed by atoms with E-state index in [0.717, 1.165) is 110 Å². The molecule has 290 valence electrons. The predicted octanol–water partition coefficient (Wildman–Crippen LogP) is 4.99. The summed E-state index contributed by atoms with van der Waals surface area (Å²) in [7, 11) is 0. The van der Waals surface area contributed by atoms with Crippen LogP contribution in [-0.4, -0.2) is 98.3 Å². The van der Waals surface area contributed by atoms with E-state index in [0.29, 0.717) is 17.0 Å². The number of rotatable bonds is 8. The molecule has 0 bridgehead atoms. The van der Waals surface area contributed by atoms with E-state index in [1.54, 1.807) is 18.2 Å². The molecule has 0 spiro atoms. The van der Waals surface area contributed by atoms with Crippen molar-refractivity contribution in [2.75, 3.05) is 49.1 Å². The number of pyridine rings is 1. The van der Waals surface area contributed by atoms with Gasteiger partial charge in [0.2, 0.25) is 11.8 Å². The molecule has 4 fully saturated rings.